The largest absolute Gasteiger partial charge is 0.465 e. The van der Waals surface area contributed by atoms with Crippen molar-refractivity contribution in [2.75, 3.05) is 18.6 Å². The number of aromatic nitrogens is 2. The van der Waals surface area contributed by atoms with Crippen LogP contribution in [-0.4, -0.2) is 40.7 Å². The number of anilines is 1. The van der Waals surface area contributed by atoms with Gasteiger partial charge in [0, 0.05) is 17.9 Å². The number of carbonyl (C=O) groups excluding carboxylic acids is 2. The topological polar surface area (TPSA) is 116 Å². The summed E-state index contributed by atoms with van der Waals surface area (Å²) in [6, 6.07) is 7.30. The van der Waals surface area contributed by atoms with Crippen LogP contribution in [0.2, 0.25) is 0 Å². The molecule has 1 unspecified atom stereocenters. The Labute approximate surface area is 170 Å². The van der Waals surface area contributed by atoms with E-state index in [-0.39, 0.29) is 35.2 Å². The molecule has 1 atom stereocenters. The van der Waals surface area contributed by atoms with Crippen molar-refractivity contribution in [2.24, 2.45) is 0 Å². The minimum Gasteiger partial charge on any atom is -0.465 e. The van der Waals surface area contributed by atoms with Crippen molar-refractivity contribution in [1.82, 2.24) is 9.97 Å². The molecule has 29 heavy (non-hydrogen) atoms. The number of thioether (sulfide) groups is 1. The van der Waals surface area contributed by atoms with Crippen molar-refractivity contribution in [3.63, 3.8) is 0 Å². The summed E-state index contributed by atoms with van der Waals surface area (Å²) in [5.74, 6) is -1.52. The molecule has 1 heterocycles. The van der Waals surface area contributed by atoms with Crippen LogP contribution in [-0.2, 0) is 9.53 Å². The van der Waals surface area contributed by atoms with Gasteiger partial charge in [-0.3, -0.25) is 4.79 Å². The van der Waals surface area contributed by atoms with Gasteiger partial charge in [-0.25, -0.2) is 14.0 Å². The number of hydrogen-bond acceptors (Lipinski definition) is 7. The van der Waals surface area contributed by atoms with Crippen molar-refractivity contribution in [1.29, 1.82) is 5.26 Å². The Hall–Kier alpha value is -3.19. The average molecular weight is 418 g/mol. The predicted molar refractivity (Wildman–Crippen MR) is 105 cm³/mol. The lowest BCUT2D eigenvalue weighted by Gasteiger charge is -2.25. The SMILES string of the molecule is COC(=O)c1c(SC(C)C(=O)N(CCC#N)c2ccc(F)cc2)nc(=O)[nH]c1C. The van der Waals surface area contributed by atoms with Crippen molar-refractivity contribution in [3.8, 4) is 6.07 Å². The van der Waals surface area contributed by atoms with Gasteiger partial charge in [0.05, 0.1) is 24.8 Å². The first-order chi connectivity index (χ1) is 13.8. The lowest BCUT2D eigenvalue weighted by atomic mass is 10.2. The van der Waals surface area contributed by atoms with Gasteiger partial charge >= 0.3 is 11.7 Å². The molecule has 0 spiro atoms. The minimum atomic E-state index is -0.754. The number of esters is 1. The minimum absolute atomic E-state index is 0.0679. The van der Waals surface area contributed by atoms with E-state index in [0.29, 0.717) is 5.69 Å². The van der Waals surface area contributed by atoms with Crippen LogP contribution in [0.25, 0.3) is 0 Å². The Bertz CT molecular complexity index is 1000. The monoisotopic (exact) mass is 418 g/mol. The third-order valence-electron chi connectivity index (χ3n) is 3.96. The molecular weight excluding hydrogens is 399 g/mol. The molecule has 1 amide bonds. The molecule has 0 saturated carbocycles. The normalized spacial score (nSPS) is 11.4. The first kappa shape index (κ1) is 22.1. The summed E-state index contributed by atoms with van der Waals surface area (Å²) in [7, 11) is 1.20. The molecule has 0 radical (unpaired) electrons. The van der Waals surface area contributed by atoms with Crippen LogP contribution in [0.5, 0.6) is 0 Å². The van der Waals surface area contributed by atoms with E-state index in [2.05, 4.69) is 9.97 Å². The number of amides is 1. The van der Waals surface area contributed by atoms with E-state index in [0.717, 1.165) is 11.8 Å². The third-order valence-corrected chi connectivity index (χ3v) is 5.04. The summed E-state index contributed by atoms with van der Waals surface area (Å²) < 4.78 is 18.0. The number of methoxy groups -OCH3 is 1. The Kier molecular flexibility index (Phi) is 7.50. The molecule has 8 nitrogen and oxygen atoms in total. The standard InChI is InChI=1S/C19H19FN4O4S/c1-11-15(18(26)28-3)16(23-19(27)22-11)29-12(2)17(25)24(10-4-9-21)14-7-5-13(20)6-8-14/h5-8,12H,4,10H2,1-3H3,(H,22,23,27). The van der Waals surface area contributed by atoms with Gasteiger partial charge in [-0.1, -0.05) is 11.8 Å². The zero-order valence-corrected chi connectivity index (χ0v) is 16.9. The van der Waals surface area contributed by atoms with Crippen molar-refractivity contribution >= 4 is 29.3 Å². The van der Waals surface area contributed by atoms with Gasteiger partial charge in [-0.15, -0.1) is 0 Å². The summed E-state index contributed by atoms with van der Waals surface area (Å²) in [5.41, 5.74) is 0.125. The van der Waals surface area contributed by atoms with E-state index in [4.69, 9.17) is 10.00 Å². The Morgan fingerprint density at radius 2 is 2.03 bits per heavy atom. The predicted octanol–water partition coefficient (Wildman–Crippen LogP) is 2.43. The summed E-state index contributed by atoms with van der Waals surface area (Å²) >= 11 is 0.930. The number of nitriles is 1. The number of carbonyl (C=O) groups is 2. The van der Waals surface area contributed by atoms with E-state index in [1.165, 1.54) is 43.2 Å². The van der Waals surface area contributed by atoms with Gasteiger partial charge in [-0.2, -0.15) is 10.2 Å². The number of rotatable bonds is 7. The number of benzene rings is 1. The lowest BCUT2D eigenvalue weighted by molar-refractivity contribution is -0.117. The zero-order valence-electron chi connectivity index (χ0n) is 16.1. The maximum atomic E-state index is 13.2. The highest BCUT2D eigenvalue weighted by Gasteiger charge is 2.27. The molecule has 0 aliphatic rings. The quantitative estimate of drug-likeness (QED) is 0.417. The second-order valence-electron chi connectivity index (χ2n) is 5.97. The van der Waals surface area contributed by atoms with E-state index in [1.54, 1.807) is 6.92 Å². The fourth-order valence-electron chi connectivity index (χ4n) is 2.57. The van der Waals surface area contributed by atoms with Crippen molar-refractivity contribution < 1.29 is 18.7 Å². The van der Waals surface area contributed by atoms with E-state index in [1.807, 2.05) is 6.07 Å². The maximum absolute atomic E-state index is 13.2. The number of H-pyrrole nitrogens is 1. The number of aryl methyl sites for hydroxylation is 1. The van der Waals surface area contributed by atoms with Crippen LogP contribution >= 0.6 is 11.8 Å². The molecule has 1 aromatic carbocycles. The molecule has 0 aliphatic carbocycles. The maximum Gasteiger partial charge on any atom is 0.346 e. The van der Waals surface area contributed by atoms with Crippen LogP contribution in [0, 0.1) is 24.1 Å². The van der Waals surface area contributed by atoms with Crippen molar-refractivity contribution in [2.45, 2.75) is 30.5 Å². The van der Waals surface area contributed by atoms with Crippen molar-refractivity contribution in [3.05, 3.63) is 51.8 Å². The molecule has 152 valence electrons. The Balaban J connectivity index is 2.35. The van der Waals surface area contributed by atoms with E-state index >= 15 is 0 Å². The Morgan fingerprint density at radius 3 is 2.62 bits per heavy atom. The number of aromatic amines is 1. The number of ether oxygens (including phenoxy) is 1. The molecule has 2 aromatic rings. The highest BCUT2D eigenvalue weighted by atomic mass is 32.2. The van der Waals surface area contributed by atoms with Crippen LogP contribution in [0.15, 0.2) is 34.1 Å². The van der Waals surface area contributed by atoms with Gasteiger partial charge in [0.15, 0.2) is 0 Å². The Morgan fingerprint density at radius 1 is 1.38 bits per heavy atom. The summed E-state index contributed by atoms with van der Waals surface area (Å²) in [6.45, 7) is 3.23. The highest BCUT2D eigenvalue weighted by molar-refractivity contribution is 8.00. The van der Waals surface area contributed by atoms with Crippen LogP contribution in [0.1, 0.15) is 29.4 Å². The molecule has 0 bridgehead atoms. The summed E-state index contributed by atoms with van der Waals surface area (Å²) in [6.07, 6.45) is 0.0796. The van der Waals surface area contributed by atoms with Gasteiger partial charge in [0.25, 0.3) is 0 Å². The van der Waals surface area contributed by atoms with Gasteiger partial charge < -0.3 is 14.6 Å². The number of nitrogens with zero attached hydrogens (tertiary/aromatic N) is 3. The highest BCUT2D eigenvalue weighted by Crippen LogP contribution is 2.28. The second kappa shape index (κ2) is 9.84. The van der Waals surface area contributed by atoms with Crippen LogP contribution in [0.4, 0.5) is 10.1 Å². The fraction of sp³-hybridized carbons (Fsp3) is 0.316. The van der Waals surface area contributed by atoms with E-state index < -0.39 is 22.7 Å². The number of halogens is 1. The second-order valence-corrected chi connectivity index (χ2v) is 7.30. The van der Waals surface area contributed by atoms with Crippen LogP contribution < -0.4 is 10.6 Å². The molecule has 0 fully saturated rings. The number of hydrogen-bond donors (Lipinski definition) is 1. The van der Waals surface area contributed by atoms with Gasteiger partial charge in [0.1, 0.15) is 16.4 Å². The first-order valence-electron chi connectivity index (χ1n) is 8.58. The van der Waals surface area contributed by atoms with E-state index in [9.17, 15) is 18.8 Å². The summed E-state index contributed by atoms with van der Waals surface area (Å²) in [4.78, 5) is 44.5. The van der Waals surface area contributed by atoms with Gasteiger partial charge in [0.2, 0.25) is 5.91 Å². The third kappa shape index (κ3) is 5.42. The summed E-state index contributed by atoms with van der Waals surface area (Å²) in [5, 5.41) is 8.21. The fourth-order valence-corrected chi connectivity index (χ4v) is 3.63. The molecule has 10 heteroatoms. The average Bonchev–Trinajstić information content (AvgIpc) is 2.68. The zero-order chi connectivity index (χ0) is 21.6. The first-order valence-corrected chi connectivity index (χ1v) is 9.46. The molecular formula is C19H19FN4O4S. The van der Waals surface area contributed by atoms with Gasteiger partial charge in [-0.05, 0) is 38.1 Å². The number of nitrogens with one attached hydrogen (secondary N) is 1. The molecule has 0 aliphatic heterocycles. The molecule has 1 N–H and O–H groups in total. The molecule has 0 saturated heterocycles. The van der Waals surface area contributed by atoms with Crippen LogP contribution in [0.3, 0.4) is 0 Å². The molecule has 2 rings (SSSR count). The molecule has 1 aromatic heterocycles. The lowest BCUT2D eigenvalue weighted by Crippen LogP contribution is -2.37. The smallest absolute Gasteiger partial charge is 0.346 e.